The smallest absolute Gasteiger partial charge is 0.323 e. The van der Waals surface area contributed by atoms with Crippen molar-refractivity contribution in [3.63, 3.8) is 0 Å². The molecule has 0 unspecified atom stereocenters. The predicted octanol–water partition coefficient (Wildman–Crippen LogP) is 2.13. The van der Waals surface area contributed by atoms with Crippen molar-refractivity contribution in [2.75, 3.05) is 18.5 Å². The molecule has 0 bridgehead atoms. The first-order valence-corrected chi connectivity index (χ1v) is 7.09. The maximum absolute atomic E-state index is 11.8. The zero-order valence-electron chi connectivity index (χ0n) is 12.5. The summed E-state index contributed by atoms with van der Waals surface area (Å²) in [5, 5.41) is 13.2. The van der Waals surface area contributed by atoms with Crippen molar-refractivity contribution in [2.24, 2.45) is 0 Å². The lowest BCUT2D eigenvalue weighted by atomic mass is 10.00. The Kier molecular flexibility index (Phi) is 3.41. The normalized spacial score (nSPS) is 16.3. The fourth-order valence-electron chi connectivity index (χ4n) is 2.76. The molecule has 0 radical (unpaired) electrons. The molecule has 2 heterocycles. The third kappa shape index (κ3) is 2.57. The van der Waals surface area contributed by atoms with Crippen LogP contribution >= 0.6 is 0 Å². The molecule has 116 valence electrons. The van der Waals surface area contributed by atoms with Gasteiger partial charge in [0, 0.05) is 28.4 Å². The molecule has 1 saturated heterocycles. The predicted molar refractivity (Wildman–Crippen MR) is 82.4 cm³/mol. The van der Waals surface area contributed by atoms with Crippen LogP contribution in [0.2, 0.25) is 0 Å². The highest BCUT2D eigenvalue weighted by molar-refractivity contribution is 6.08. The Hall–Kier alpha value is -2.34. The van der Waals surface area contributed by atoms with Crippen molar-refractivity contribution in [1.82, 2.24) is 4.57 Å². The van der Waals surface area contributed by atoms with Crippen LogP contribution in [0.25, 0.3) is 10.9 Å². The number of fused-ring (bicyclic) bond motifs is 1. The topological polar surface area (TPSA) is 80.6 Å². The second-order valence-corrected chi connectivity index (χ2v) is 6.03. The number of aromatic nitrogens is 1. The van der Waals surface area contributed by atoms with Gasteiger partial charge in [0.2, 0.25) is 0 Å². The molecular formula is C16H18N2O4. The molecule has 0 aliphatic carbocycles. The lowest BCUT2D eigenvalue weighted by Gasteiger charge is -2.39. The number of nitrogens with zero attached hydrogens (tertiary/aromatic N) is 1. The summed E-state index contributed by atoms with van der Waals surface area (Å²) in [6.07, 6.45) is 1.61. The third-order valence-corrected chi connectivity index (χ3v) is 3.85. The number of ether oxygens (including phenoxy) is 1. The SMILES string of the molecule is CC(=O)c1cn(CC(=O)O)c2ccc(NC3(C)COC3)cc12. The number of benzene rings is 1. The van der Waals surface area contributed by atoms with E-state index in [1.54, 1.807) is 10.8 Å². The van der Waals surface area contributed by atoms with Crippen molar-refractivity contribution < 1.29 is 19.4 Å². The van der Waals surface area contributed by atoms with E-state index in [9.17, 15) is 9.59 Å². The molecule has 0 saturated carbocycles. The van der Waals surface area contributed by atoms with Gasteiger partial charge < -0.3 is 19.7 Å². The Morgan fingerprint density at radius 2 is 2.14 bits per heavy atom. The summed E-state index contributed by atoms with van der Waals surface area (Å²) in [5.74, 6) is -1.02. The number of Topliss-reactive ketones (excluding diaryl/α,β-unsaturated/α-hetero) is 1. The van der Waals surface area contributed by atoms with Crippen molar-refractivity contribution in [1.29, 1.82) is 0 Å². The van der Waals surface area contributed by atoms with Gasteiger partial charge in [0.05, 0.1) is 18.8 Å². The molecule has 1 aliphatic rings. The van der Waals surface area contributed by atoms with Crippen LogP contribution < -0.4 is 5.32 Å². The molecule has 2 aromatic rings. The lowest BCUT2D eigenvalue weighted by Crippen LogP contribution is -2.53. The van der Waals surface area contributed by atoms with Gasteiger partial charge in [-0.05, 0) is 32.0 Å². The van der Waals surface area contributed by atoms with Crippen LogP contribution in [0, 0.1) is 0 Å². The summed E-state index contributed by atoms with van der Waals surface area (Å²) in [4.78, 5) is 22.8. The Morgan fingerprint density at radius 1 is 1.41 bits per heavy atom. The fraction of sp³-hybridized carbons (Fsp3) is 0.375. The molecule has 6 nitrogen and oxygen atoms in total. The molecule has 22 heavy (non-hydrogen) atoms. The first-order valence-electron chi connectivity index (χ1n) is 7.09. The van der Waals surface area contributed by atoms with E-state index >= 15 is 0 Å². The van der Waals surface area contributed by atoms with Gasteiger partial charge in [-0.15, -0.1) is 0 Å². The average Bonchev–Trinajstić information content (AvgIpc) is 2.75. The number of ketones is 1. The van der Waals surface area contributed by atoms with Crippen LogP contribution in [0.15, 0.2) is 24.4 Å². The number of aliphatic carboxylic acids is 1. The number of carboxylic acids is 1. The Balaban J connectivity index is 2.03. The van der Waals surface area contributed by atoms with E-state index in [4.69, 9.17) is 9.84 Å². The second kappa shape index (κ2) is 5.14. The van der Waals surface area contributed by atoms with Gasteiger partial charge in [-0.1, -0.05) is 0 Å². The van der Waals surface area contributed by atoms with Gasteiger partial charge in [-0.3, -0.25) is 9.59 Å². The minimum Gasteiger partial charge on any atom is -0.480 e. The number of rotatable bonds is 5. The maximum Gasteiger partial charge on any atom is 0.323 e. The molecular weight excluding hydrogens is 284 g/mol. The van der Waals surface area contributed by atoms with Crippen LogP contribution in [0.3, 0.4) is 0 Å². The zero-order chi connectivity index (χ0) is 15.9. The second-order valence-electron chi connectivity index (χ2n) is 6.03. The quantitative estimate of drug-likeness (QED) is 0.827. The molecule has 1 fully saturated rings. The number of nitrogens with one attached hydrogen (secondary N) is 1. The number of carbonyl (C=O) groups is 2. The Labute approximate surface area is 127 Å². The van der Waals surface area contributed by atoms with Gasteiger partial charge in [0.15, 0.2) is 5.78 Å². The molecule has 1 aromatic carbocycles. The first kappa shape index (κ1) is 14.6. The molecule has 1 aliphatic heterocycles. The van der Waals surface area contributed by atoms with E-state index in [1.807, 2.05) is 18.2 Å². The van der Waals surface area contributed by atoms with Crippen LogP contribution in [0.1, 0.15) is 24.2 Å². The van der Waals surface area contributed by atoms with E-state index < -0.39 is 5.97 Å². The summed E-state index contributed by atoms with van der Waals surface area (Å²) in [7, 11) is 0. The third-order valence-electron chi connectivity index (χ3n) is 3.85. The molecule has 0 atom stereocenters. The van der Waals surface area contributed by atoms with Crippen LogP contribution in [-0.2, 0) is 16.1 Å². The largest absolute Gasteiger partial charge is 0.480 e. The Morgan fingerprint density at radius 3 is 2.68 bits per heavy atom. The molecule has 6 heteroatoms. The van der Waals surface area contributed by atoms with Crippen LogP contribution in [0.5, 0.6) is 0 Å². The summed E-state index contributed by atoms with van der Waals surface area (Å²) in [6, 6.07) is 5.64. The number of carboxylic acid groups (broad SMARTS) is 1. The lowest BCUT2D eigenvalue weighted by molar-refractivity contribution is -0.137. The van der Waals surface area contributed by atoms with E-state index in [1.165, 1.54) is 6.92 Å². The van der Waals surface area contributed by atoms with Gasteiger partial charge in [-0.2, -0.15) is 0 Å². The van der Waals surface area contributed by atoms with Crippen molar-refractivity contribution in [2.45, 2.75) is 25.9 Å². The fourth-order valence-corrected chi connectivity index (χ4v) is 2.76. The highest BCUT2D eigenvalue weighted by Gasteiger charge is 2.33. The standard InChI is InChI=1S/C16H18N2O4/c1-10(19)13-6-18(7-15(20)21)14-4-3-11(5-12(13)14)17-16(2)8-22-9-16/h3-6,17H,7-9H2,1-2H3,(H,20,21). The number of anilines is 1. The van der Waals surface area contributed by atoms with Gasteiger partial charge in [0.25, 0.3) is 0 Å². The van der Waals surface area contributed by atoms with E-state index in [2.05, 4.69) is 12.2 Å². The highest BCUT2D eigenvalue weighted by Crippen LogP contribution is 2.28. The number of hydrogen-bond acceptors (Lipinski definition) is 4. The molecule has 0 amide bonds. The molecule has 0 spiro atoms. The first-order chi connectivity index (χ1) is 10.4. The van der Waals surface area contributed by atoms with E-state index in [-0.39, 0.29) is 17.9 Å². The van der Waals surface area contributed by atoms with Crippen LogP contribution in [0.4, 0.5) is 5.69 Å². The van der Waals surface area contributed by atoms with Crippen molar-refractivity contribution in [3.8, 4) is 0 Å². The van der Waals surface area contributed by atoms with Gasteiger partial charge in [0.1, 0.15) is 6.54 Å². The molecule has 2 N–H and O–H groups in total. The number of carbonyl (C=O) groups excluding carboxylic acids is 1. The maximum atomic E-state index is 11.8. The minimum absolute atomic E-state index is 0.0792. The summed E-state index contributed by atoms with van der Waals surface area (Å²) < 4.78 is 6.81. The Bertz CT molecular complexity index is 759. The van der Waals surface area contributed by atoms with E-state index in [0.29, 0.717) is 18.8 Å². The van der Waals surface area contributed by atoms with Gasteiger partial charge >= 0.3 is 5.97 Å². The number of hydrogen-bond donors (Lipinski definition) is 2. The van der Waals surface area contributed by atoms with Crippen LogP contribution in [-0.4, -0.2) is 40.2 Å². The molecule has 1 aromatic heterocycles. The minimum atomic E-state index is -0.937. The molecule has 3 rings (SSSR count). The summed E-state index contributed by atoms with van der Waals surface area (Å²) in [6.45, 7) is 4.68. The zero-order valence-corrected chi connectivity index (χ0v) is 12.5. The van der Waals surface area contributed by atoms with Crippen molar-refractivity contribution in [3.05, 3.63) is 30.0 Å². The summed E-state index contributed by atoms with van der Waals surface area (Å²) in [5.41, 5.74) is 2.09. The summed E-state index contributed by atoms with van der Waals surface area (Å²) >= 11 is 0. The average molecular weight is 302 g/mol. The van der Waals surface area contributed by atoms with E-state index in [0.717, 1.165) is 16.6 Å². The monoisotopic (exact) mass is 302 g/mol. The highest BCUT2D eigenvalue weighted by atomic mass is 16.5. The van der Waals surface area contributed by atoms with Gasteiger partial charge in [-0.25, -0.2) is 0 Å². The van der Waals surface area contributed by atoms with Crippen molar-refractivity contribution >= 4 is 28.3 Å².